The first-order valence-corrected chi connectivity index (χ1v) is 6.84. The van der Waals surface area contributed by atoms with Crippen molar-refractivity contribution in [2.45, 2.75) is 26.2 Å². The fourth-order valence-electron chi connectivity index (χ4n) is 3.18. The van der Waals surface area contributed by atoms with Crippen LogP contribution in [0.25, 0.3) is 0 Å². The van der Waals surface area contributed by atoms with Crippen molar-refractivity contribution < 1.29 is 18.7 Å². The van der Waals surface area contributed by atoms with E-state index in [1.807, 2.05) is 0 Å². The molecule has 3 rings (SSSR count). The smallest absolute Gasteiger partial charge is 0.309 e. The number of likely N-dealkylation sites (tertiary alicyclic amines) is 1. The number of ether oxygens (including phenoxy) is 1. The van der Waals surface area contributed by atoms with Gasteiger partial charge in [0.1, 0.15) is 0 Å². The van der Waals surface area contributed by atoms with Crippen LogP contribution in [0.4, 0.5) is 0 Å². The van der Waals surface area contributed by atoms with Gasteiger partial charge in [0.15, 0.2) is 6.39 Å². The van der Waals surface area contributed by atoms with Crippen molar-refractivity contribution >= 4 is 11.9 Å². The molecule has 0 radical (unpaired) electrons. The van der Waals surface area contributed by atoms with E-state index in [1.54, 1.807) is 11.8 Å². The third-order valence-electron chi connectivity index (χ3n) is 4.66. The molecule has 1 atom stereocenters. The molecule has 1 aromatic rings. The lowest BCUT2D eigenvalue weighted by Gasteiger charge is -2.32. The quantitative estimate of drug-likeness (QED) is 0.764. The largest absolute Gasteiger partial charge is 0.469 e. The average molecular weight is 278 g/mol. The molecule has 0 bridgehead atoms. The monoisotopic (exact) mass is 278 g/mol. The van der Waals surface area contributed by atoms with E-state index in [9.17, 15) is 9.59 Å². The predicted molar refractivity (Wildman–Crippen MR) is 68.9 cm³/mol. The molecule has 6 heteroatoms. The van der Waals surface area contributed by atoms with Crippen LogP contribution in [0.1, 0.15) is 35.5 Å². The SMILES string of the molecule is COC(=O)C1CC12CCN(C(=O)c1ocnc1C)CC2. The highest BCUT2D eigenvalue weighted by atomic mass is 16.5. The number of rotatable bonds is 2. The van der Waals surface area contributed by atoms with Crippen LogP contribution in [0, 0.1) is 18.3 Å². The number of aryl methyl sites for hydroxylation is 1. The van der Waals surface area contributed by atoms with Crippen LogP contribution in [0.2, 0.25) is 0 Å². The van der Waals surface area contributed by atoms with Crippen LogP contribution < -0.4 is 0 Å². The molecule has 1 saturated heterocycles. The molecule has 1 aliphatic carbocycles. The topological polar surface area (TPSA) is 72.6 Å². The lowest BCUT2D eigenvalue weighted by Crippen LogP contribution is -2.40. The number of carbonyl (C=O) groups excluding carboxylic acids is 2. The summed E-state index contributed by atoms with van der Waals surface area (Å²) in [6.45, 7) is 3.08. The maximum atomic E-state index is 12.3. The summed E-state index contributed by atoms with van der Waals surface area (Å²) >= 11 is 0. The second-order valence-electron chi connectivity index (χ2n) is 5.70. The minimum absolute atomic E-state index is 0.0248. The number of oxazole rings is 1. The highest BCUT2D eigenvalue weighted by Crippen LogP contribution is 2.59. The van der Waals surface area contributed by atoms with E-state index in [-0.39, 0.29) is 23.2 Å². The third-order valence-corrected chi connectivity index (χ3v) is 4.66. The normalized spacial score (nSPS) is 23.7. The number of hydrogen-bond donors (Lipinski definition) is 0. The van der Waals surface area contributed by atoms with E-state index in [4.69, 9.17) is 9.15 Å². The minimum Gasteiger partial charge on any atom is -0.469 e. The number of carbonyl (C=O) groups is 2. The van der Waals surface area contributed by atoms with E-state index in [0.717, 1.165) is 19.3 Å². The molecule has 1 amide bonds. The fraction of sp³-hybridized carbons (Fsp3) is 0.643. The first-order valence-electron chi connectivity index (χ1n) is 6.84. The summed E-state index contributed by atoms with van der Waals surface area (Å²) in [4.78, 5) is 29.6. The lowest BCUT2D eigenvalue weighted by molar-refractivity contribution is -0.143. The zero-order chi connectivity index (χ0) is 14.3. The molecule has 108 valence electrons. The zero-order valence-electron chi connectivity index (χ0n) is 11.7. The second kappa shape index (κ2) is 4.61. The molecule has 20 heavy (non-hydrogen) atoms. The van der Waals surface area contributed by atoms with E-state index in [1.165, 1.54) is 13.5 Å². The van der Waals surface area contributed by atoms with Crippen LogP contribution in [0.3, 0.4) is 0 Å². The van der Waals surface area contributed by atoms with Crippen LogP contribution in [0.5, 0.6) is 0 Å². The number of hydrogen-bond acceptors (Lipinski definition) is 5. The maximum Gasteiger partial charge on any atom is 0.309 e. The molecule has 0 N–H and O–H groups in total. The Balaban J connectivity index is 1.61. The molecule has 1 aliphatic heterocycles. The Kier molecular flexibility index (Phi) is 3.03. The van der Waals surface area contributed by atoms with Gasteiger partial charge in [-0.3, -0.25) is 9.59 Å². The van der Waals surface area contributed by atoms with E-state index in [0.29, 0.717) is 24.5 Å². The van der Waals surface area contributed by atoms with Crippen LogP contribution in [0.15, 0.2) is 10.8 Å². The summed E-state index contributed by atoms with van der Waals surface area (Å²) in [5, 5.41) is 0. The summed E-state index contributed by atoms with van der Waals surface area (Å²) < 4.78 is 9.96. The number of amides is 1. The molecule has 1 unspecified atom stereocenters. The highest BCUT2D eigenvalue weighted by Gasteiger charge is 2.59. The summed E-state index contributed by atoms with van der Waals surface area (Å²) in [6, 6.07) is 0. The fourth-order valence-corrected chi connectivity index (χ4v) is 3.18. The lowest BCUT2D eigenvalue weighted by atomic mass is 9.90. The van der Waals surface area contributed by atoms with Crippen molar-refractivity contribution in [3.05, 3.63) is 17.8 Å². The Morgan fingerprint density at radius 3 is 2.70 bits per heavy atom. The van der Waals surface area contributed by atoms with E-state index in [2.05, 4.69) is 4.98 Å². The summed E-state index contributed by atoms with van der Waals surface area (Å²) in [7, 11) is 1.43. The number of esters is 1. The zero-order valence-corrected chi connectivity index (χ0v) is 11.7. The Labute approximate surface area is 117 Å². The number of nitrogens with zero attached hydrogens (tertiary/aromatic N) is 2. The highest BCUT2D eigenvalue weighted by molar-refractivity contribution is 5.92. The van der Waals surface area contributed by atoms with E-state index >= 15 is 0 Å². The molecule has 1 spiro atoms. The second-order valence-corrected chi connectivity index (χ2v) is 5.70. The summed E-state index contributed by atoms with van der Waals surface area (Å²) in [6.07, 6.45) is 3.89. The van der Waals surface area contributed by atoms with Crippen molar-refractivity contribution in [3.63, 3.8) is 0 Å². The van der Waals surface area contributed by atoms with Crippen molar-refractivity contribution in [1.82, 2.24) is 9.88 Å². The molecule has 1 saturated carbocycles. The Hall–Kier alpha value is -1.85. The van der Waals surface area contributed by atoms with Gasteiger partial charge in [-0.25, -0.2) is 4.98 Å². The molecule has 2 fully saturated rings. The van der Waals surface area contributed by atoms with Crippen LogP contribution in [-0.4, -0.2) is 42.0 Å². The van der Waals surface area contributed by atoms with Gasteiger partial charge in [-0.05, 0) is 31.6 Å². The van der Waals surface area contributed by atoms with Crippen molar-refractivity contribution in [2.24, 2.45) is 11.3 Å². The van der Waals surface area contributed by atoms with Crippen molar-refractivity contribution in [2.75, 3.05) is 20.2 Å². The van der Waals surface area contributed by atoms with Crippen molar-refractivity contribution in [1.29, 1.82) is 0 Å². The molecule has 2 heterocycles. The first-order chi connectivity index (χ1) is 9.57. The van der Waals surface area contributed by atoms with Gasteiger partial charge in [-0.15, -0.1) is 0 Å². The van der Waals surface area contributed by atoms with Crippen molar-refractivity contribution in [3.8, 4) is 0 Å². The Bertz CT molecular complexity index is 543. The number of aromatic nitrogens is 1. The Morgan fingerprint density at radius 2 is 2.15 bits per heavy atom. The van der Waals surface area contributed by atoms with Gasteiger partial charge in [-0.2, -0.15) is 0 Å². The molecular weight excluding hydrogens is 260 g/mol. The van der Waals surface area contributed by atoms with Gasteiger partial charge in [0.05, 0.1) is 18.7 Å². The minimum atomic E-state index is -0.115. The standard InChI is InChI=1S/C14H18N2O4/c1-9-11(20-8-15-9)12(17)16-5-3-14(4-6-16)7-10(14)13(18)19-2/h8,10H,3-7H2,1-2H3. The maximum absolute atomic E-state index is 12.3. The molecule has 1 aromatic heterocycles. The molecule has 2 aliphatic rings. The third kappa shape index (κ3) is 1.99. The first kappa shape index (κ1) is 13.1. The van der Waals surface area contributed by atoms with Gasteiger partial charge in [-0.1, -0.05) is 0 Å². The van der Waals surface area contributed by atoms with Gasteiger partial charge >= 0.3 is 5.97 Å². The van der Waals surface area contributed by atoms with Gasteiger partial charge in [0.25, 0.3) is 5.91 Å². The van der Waals surface area contributed by atoms with Gasteiger partial charge in [0, 0.05) is 13.1 Å². The summed E-state index contributed by atoms with van der Waals surface area (Å²) in [5.41, 5.74) is 0.689. The average Bonchev–Trinajstić information content (AvgIpc) is 2.98. The molecule has 6 nitrogen and oxygen atoms in total. The predicted octanol–water partition coefficient (Wildman–Crippen LogP) is 1.40. The number of methoxy groups -OCH3 is 1. The molecule has 0 aromatic carbocycles. The molecular formula is C14H18N2O4. The van der Waals surface area contributed by atoms with Gasteiger partial charge < -0.3 is 14.1 Å². The van der Waals surface area contributed by atoms with Gasteiger partial charge in [0.2, 0.25) is 5.76 Å². The van der Waals surface area contributed by atoms with E-state index < -0.39 is 0 Å². The summed E-state index contributed by atoms with van der Waals surface area (Å²) in [5.74, 6) is 0.124. The Morgan fingerprint density at radius 1 is 1.45 bits per heavy atom. The number of piperidine rings is 1. The van der Waals surface area contributed by atoms with Crippen LogP contribution in [-0.2, 0) is 9.53 Å². The van der Waals surface area contributed by atoms with Crippen LogP contribution >= 0.6 is 0 Å².